The fourth-order valence-corrected chi connectivity index (χ4v) is 13.5. The zero-order valence-corrected chi connectivity index (χ0v) is 37.4. The smallest absolute Gasteiger partial charge is 0.0366 e. The van der Waals surface area contributed by atoms with Gasteiger partial charge in [0.15, 0.2) is 0 Å². The number of rotatable bonds is 15. The maximum Gasteiger partial charge on any atom is 0.0366 e. The molecular formula is C54H56N4P2. The zero-order valence-electron chi connectivity index (χ0n) is 35.6. The summed E-state index contributed by atoms with van der Waals surface area (Å²) in [6.45, 7) is 15.9. The first-order chi connectivity index (χ1) is 29.5. The van der Waals surface area contributed by atoms with Crippen LogP contribution < -0.4 is 52.7 Å². The average Bonchev–Trinajstić information content (AvgIpc) is 3.29. The van der Waals surface area contributed by atoms with Crippen molar-refractivity contribution in [3.63, 3.8) is 0 Å². The Labute approximate surface area is 359 Å². The highest BCUT2D eigenvalue weighted by atomic mass is 31.1. The maximum absolute atomic E-state index is 6.37. The molecule has 0 aliphatic carbocycles. The minimum atomic E-state index is -1.02. The number of nitrogens with one attached hydrogen (secondary N) is 1. The fraction of sp³-hybridized carbons (Fsp3) is 0.185. The highest BCUT2D eigenvalue weighted by Gasteiger charge is 2.28. The van der Waals surface area contributed by atoms with Crippen LogP contribution in [0.25, 0.3) is 32.7 Å². The summed E-state index contributed by atoms with van der Waals surface area (Å²) in [5, 5.41) is 16.5. The third kappa shape index (κ3) is 8.25. The van der Waals surface area contributed by atoms with Crippen LogP contribution in [0.1, 0.15) is 34.6 Å². The molecule has 0 heterocycles. The molecule has 2 unspecified atom stereocenters. The van der Waals surface area contributed by atoms with Crippen LogP contribution in [0.2, 0.25) is 0 Å². The summed E-state index contributed by atoms with van der Waals surface area (Å²) >= 11 is 0. The summed E-state index contributed by atoms with van der Waals surface area (Å²) in [4.78, 5) is 4.84. The molecule has 0 bridgehead atoms. The Balaban J connectivity index is 1.45. The Morgan fingerprint density at radius 1 is 0.417 bits per heavy atom. The molecule has 0 aliphatic heterocycles. The lowest BCUT2D eigenvalue weighted by molar-refractivity contribution is 0.866. The quantitative estimate of drug-likeness (QED) is 0.0799. The van der Waals surface area contributed by atoms with Crippen molar-refractivity contribution in [2.24, 2.45) is 0 Å². The molecule has 6 heteroatoms. The van der Waals surface area contributed by atoms with Gasteiger partial charge in [-0.25, -0.2) is 0 Å². The number of nitrogen functional groups attached to an aromatic ring is 1. The van der Waals surface area contributed by atoms with Gasteiger partial charge in [0.05, 0.1) is 0 Å². The van der Waals surface area contributed by atoms with Crippen molar-refractivity contribution in [3.8, 4) is 11.1 Å². The van der Waals surface area contributed by atoms with Crippen molar-refractivity contribution in [2.45, 2.75) is 34.6 Å². The van der Waals surface area contributed by atoms with E-state index in [0.29, 0.717) is 0 Å². The minimum absolute atomic E-state index is 0.776. The first-order valence-electron chi connectivity index (χ1n) is 21.5. The van der Waals surface area contributed by atoms with E-state index in [-0.39, 0.29) is 0 Å². The van der Waals surface area contributed by atoms with E-state index in [4.69, 9.17) is 5.73 Å². The first-order valence-corrected chi connectivity index (χ1v) is 24.2. The van der Waals surface area contributed by atoms with Crippen molar-refractivity contribution in [3.05, 3.63) is 170 Å². The van der Waals surface area contributed by atoms with Crippen LogP contribution in [0.15, 0.2) is 170 Å². The second kappa shape index (κ2) is 18.7. The molecule has 0 saturated carbocycles. The number of fused-ring (bicyclic) bond motifs is 2. The minimum Gasteiger partial charge on any atom is -0.399 e. The van der Waals surface area contributed by atoms with Crippen LogP contribution in [-0.4, -0.2) is 32.7 Å². The molecule has 0 radical (unpaired) electrons. The lowest BCUT2D eigenvalue weighted by Crippen LogP contribution is -2.27. The molecule has 60 heavy (non-hydrogen) atoms. The fourth-order valence-electron chi connectivity index (χ4n) is 8.63. The Bertz CT molecular complexity index is 2670. The van der Waals surface area contributed by atoms with E-state index >= 15 is 0 Å². The van der Waals surface area contributed by atoms with Crippen LogP contribution in [-0.2, 0) is 0 Å². The molecule has 4 nitrogen and oxygen atoms in total. The summed E-state index contributed by atoms with van der Waals surface area (Å²) in [6, 6.07) is 64.2. The predicted molar refractivity (Wildman–Crippen MR) is 270 cm³/mol. The lowest BCUT2D eigenvalue weighted by atomic mass is 9.93. The van der Waals surface area contributed by atoms with Gasteiger partial charge in [0.2, 0.25) is 0 Å². The van der Waals surface area contributed by atoms with Gasteiger partial charge in [-0.1, -0.05) is 121 Å². The second-order valence-electron chi connectivity index (χ2n) is 15.1. The molecule has 8 aromatic carbocycles. The average molecular weight is 823 g/mol. The van der Waals surface area contributed by atoms with Crippen LogP contribution in [0.3, 0.4) is 0 Å². The summed E-state index contributed by atoms with van der Waals surface area (Å²) in [7, 11) is -2.02. The van der Waals surface area contributed by atoms with Crippen molar-refractivity contribution < 1.29 is 0 Å². The van der Waals surface area contributed by atoms with Gasteiger partial charge in [-0.15, -0.1) is 0 Å². The topological polar surface area (TPSA) is 44.5 Å². The standard InChI is InChI=1S/C54H56N4P2/c1-6-56-42-23-31-46(32-24-42)60(48-35-27-44(28-36-48)58(9-4)10-5)52-38-20-40-16-12-14-18-50(40)54(52)53-49-17-13-11-15-39(49)19-37-51(53)59(45-29-21-41(55)22-30-45)47-33-25-43(26-34-47)57(7-2)8-3/h11-38,56H,6-10,55H2,1-5H3. The van der Waals surface area contributed by atoms with E-state index < -0.39 is 15.8 Å². The van der Waals surface area contributed by atoms with Crippen molar-refractivity contribution in [1.29, 1.82) is 0 Å². The van der Waals surface area contributed by atoms with Gasteiger partial charge in [-0.2, -0.15) is 0 Å². The third-order valence-electron chi connectivity index (χ3n) is 11.7. The highest BCUT2D eigenvalue weighted by molar-refractivity contribution is 7.80. The summed E-state index contributed by atoms with van der Waals surface area (Å²) in [5.74, 6) is 0. The summed E-state index contributed by atoms with van der Waals surface area (Å²) < 4.78 is 0. The molecule has 3 N–H and O–H groups in total. The van der Waals surface area contributed by atoms with Gasteiger partial charge >= 0.3 is 0 Å². The SMILES string of the molecule is CCNc1ccc(P(c2ccc(N(CC)CC)cc2)c2ccc3ccccc3c2-c2c(P(c3ccc(N)cc3)c3ccc(N(CC)CC)cc3)ccc3ccccc23)cc1. The predicted octanol–water partition coefficient (Wildman–Crippen LogP) is 10.9. The summed E-state index contributed by atoms with van der Waals surface area (Å²) in [6.07, 6.45) is 0. The molecule has 0 fully saturated rings. The molecule has 302 valence electrons. The van der Waals surface area contributed by atoms with Gasteiger partial charge in [-0.3, -0.25) is 0 Å². The second-order valence-corrected chi connectivity index (χ2v) is 19.4. The largest absolute Gasteiger partial charge is 0.399 e. The highest BCUT2D eigenvalue weighted by Crippen LogP contribution is 2.46. The van der Waals surface area contributed by atoms with Crippen molar-refractivity contribution >= 4 is 92.0 Å². The van der Waals surface area contributed by atoms with E-state index in [1.54, 1.807) is 0 Å². The third-order valence-corrected chi connectivity index (χ3v) is 16.6. The molecule has 0 amide bonds. The van der Waals surface area contributed by atoms with E-state index in [0.717, 1.165) is 44.1 Å². The number of hydrogen-bond acceptors (Lipinski definition) is 4. The Morgan fingerprint density at radius 2 is 0.783 bits per heavy atom. The normalized spacial score (nSPS) is 12.3. The van der Waals surface area contributed by atoms with E-state index in [1.165, 1.54) is 75.9 Å². The Kier molecular flexibility index (Phi) is 12.8. The lowest BCUT2D eigenvalue weighted by Gasteiger charge is -2.29. The van der Waals surface area contributed by atoms with E-state index in [9.17, 15) is 0 Å². The number of benzene rings is 8. The molecule has 0 aliphatic rings. The molecule has 0 aromatic heterocycles. The van der Waals surface area contributed by atoms with E-state index in [2.05, 4.69) is 220 Å². The maximum atomic E-state index is 6.37. The first kappa shape index (κ1) is 41.1. The summed E-state index contributed by atoms with van der Waals surface area (Å²) in [5.41, 5.74) is 13.4. The molecule has 8 rings (SSSR count). The molecule has 0 spiro atoms. The van der Waals surface area contributed by atoms with Gasteiger partial charge in [0, 0.05) is 55.5 Å². The van der Waals surface area contributed by atoms with Gasteiger partial charge in [-0.05, 0) is 163 Å². The number of hydrogen-bond donors (Lipinski definition) is 2. The van der Waals surface area contributed by atoms with Crippen molar-refractivity contribution in [1.82, 2.24) is 0 Å². The molecule has 8 aromatic rings. The number of anilines is 4. The van der Waals surface area contributed by atoms with E-state index in [1.807, 2.05) is 0 Å². The van der Waals surface area contributed by atoms with Gasteiger partial charge in [0.25, 0.3) is 0 Å². The van der Waals surface area contributed by atoms with Crippen LogP contribution in [0.5, 0.6) is 0 Å². The number of nitrogens with two attached hydrogens (primary N) is 1. The van der Waals surface area contributed by atoms with Crippen LogP contribution in [0, 0.1) is 0 Å². The molecule has 0 saturated heterocycles. The van der Waals surface area contributed by atoms with Gasteiger partial charge < -0.3 is 20.9 Å². The molecule has 2 atom stereocenters. The number of nitrogens with zero attached hydrogens (tertiary/aromatic N) is 2. The Morgan fingerprint density at radius 3 is 1.17 bits per heavy atom. The molecular weight excluding hydrogens is 767 g/mol. The van der Waals surface area contributed by atoms with Gasteiger partial charge in [0.1, 0.15) is 0 Å². The van der Waals surface area contributed by atoms with Crippen LogP contribution >= 0.6 is 15.8 Å². The van der Waals surface area contributed by atoms with Crippen molar-refractivity contribution in [2.75, 3.05) is 53.6 Å². The Hall–Kier alpha value is -5.66. The monoisotopic (exact) mass is 822 g/mol. The zero-order chi connectivity index (χ0) is 41.6. The van der Waals surface area contributed by atoms with Crippen LogP contribution in [0.4, 0.5) is 22.7 Å².